The molecule has 0 aliphatic rings. The molecule has 7 heteroatoms. The average molecular weight is 337 g/mol. The van der Waals surface area contributed by atoms with Gasteiger partial charge in [0.05, 0.1) is 17.3 Å². The van der Waals surface area contributed by atoms with Crippen LogP contribution in [0.25, 0.3) is 0 Å². The van der Waals surface area contributed by atoms with Crippen LogP contribution in [0.2, 0.25) is 0 Å². The SMILES string of the molecule is CCOc1ccc(/C=N/Nc2ncc(Br)cn2)c(O)c1. The fourth-order valence-electron chi connectivity index (χ4n) is 1.42. The molecule has 1 aromatic carbocycles. The molecule has 6 nitrogen and oxygen atoms in total. The van der Waals surface area contributed by atoms with E-state index in [-0.39, 0.29) is 5.75 Å². The van der Waals surface area contributed by atoms with E-state index < -0.39 is 0 Å². The number of phenolic OH excluding ortho intramolecular Hbond substituents is 1. The Hall–Kier alpha value is -2.15. The lowest BCUT2D eigenvalue weighted by Gasteiger charge is -2.04. The van der Waals surface area contributed by atoms with E-state index in [1.54, 1.807) is 30.6 Å². The molecule has 1 aromatic heterocycles. The maximum Gasteiger partial charge on any atom is 0.243 e. The maximum absolute atomic E-state index is 9.82. The van der Waals surface area contributed by atoms with E-state index >= 15 is 0 Å². The summed E-state index contributed by atoms with van der Waals surface area (Å²) in [6, 6.07) is 5.02. The quantitative estimate of drug-likeness (QED) is 0.648. The zero-order valence-corrected chi connectivity index (χ0v) is 12.3. The van der Waals surface area contributed by atoms with Crippen molar-refractivity contribution in [3.8, 4) is 11.5 Å². The van der Waals surface area contributed by atoms with Gasteiger partial charge in [-0.1, -0.05) is 0 Å². The Morgan fingerprint density at radius 3 is 2.80 bits per heavy atom. The third-order valence-corrected chi connectivity index (χ3v) is 2.71. The lowest BCUT2D eigenvalue weighted by atomic mass is 10.2. The molecule has 0 spiro atoms. The fourth-order valence-corrected chi connectivity index (χ4v) is 1.62. The molecule has 2 rings (SSSR count). The van der Waals surface area contributed by atoms with Gasteiger partial charge in [-0.25, -0.2) is 15.4 Å². The van der Waals surface area contributed by atoms with E-state index in [2.05, 4.69) is 36.4 Å². The summed E-state index contributed by atoms with van der Waals surface area (Å²) in [5.74, 6) is 1.08. The lowest BCUT2D eigenvalue weighted by molar-refractivity contribution is 0.337. The Morgan fingerprint density at radius 2 is 2.15 bits per heavy atom. The van der Waals surface area contributed by atoms with Crippen LogP contribution in [0, 0.1) is 0 Å². The van der Waals surface area contributed by atoms with E-state index in [9.17, 15) is 5.11 Å². The Balaban J connectivity index is 2.02. The largest absolute Gasteiger partial charge is 0.507 e. The standard InChI is InChI=1S/C13H13BrN4O2/c1-2-20-11-4-3-9(12(19)5-11)6-17-18-13-15-7-10(14)8-16-13/h3-8,19H,2H2,1H3,(H,15,16,18)/b17-6+. The van der Waals surface area contributed by atoms with Gasteiger partial charge in [0.2, 0.25) is 5.95 Å². The van der Waals surface area contributed by atoms with Gasteiger partial charge in [-0.2, -0.15) is 5.10 Å². The molecule has 2 N–H and O–H groups in total. The summed E-state index contributed by atoms with van der Waals surface area (Å²) in [6.07, 6.45) is 4.70. The number of hydrazone groups is 1. The molecule has 0 atom stereocenters. The van der Waals surface area contributed by atoms with Gasteiger partial charge in [-0.3, -0.25) is 0 Å². The van der Waals surface area contributed by atoms with Crippen LogP contribution < -0.4 is 10.2 Å². The summed E-state index contributed by atoms with van der Waals surface area (Å²) < 4.78 is 6.07. The van der Waals surface area contributed by atoms with E-state index in [1.807, 2.05) is 6.92 Å². The number of anilines is 1. The molecule has 0 saturated heterocycles. The van der Waals surface area contributed by atoms with Crippen molar-refractivity contribution in [3.05, 3.63) is 40.6 Å². The van der Waals surface area contributed by atoms with Crippen LogP contribution in [0.4, 0.5) is 5.95 Å². The summed E-state index contributed by atoms with van der Waals surface area (Å²) in [7, 11) is 0. The first kappa shape index (κ1) is 14.3. The summed E-state index contributed by atoms with van der Waals surface area (Å²) in [6.45, 7) is 2.43. The minimum Gasteiger partial charge on any atom is -0.507 e. The van der Waals surface area contributed by atoms with E-state index in [4.69, 9.17) is 4.74 Å². The van der Waals surface area contributed by atoms with Crippen molar-refractivity contribution < 1.29 is 9.84 Å². The molecule has 104 valence electrons. The van der Waals surface area contributed by atoms with Gasteiger partial charge in [-0.05, 0) is 35.0 Å². The first-order chi connectivity index (χ1) is 9.69. The number of nitrogens with one attached hydrogen (secondary N) is 1. The van der Waals surface area contributed by atoms with Gasteiger partial charge in [-0.15, -0.1) is 0 Å². The second-order valence-electron chi connectivity index (χ2n) is 3.75. The lowest BCUT2D eigenvalue weighted by Crippen LogP contribution is -1.96. The molecule has 1 heterocycles. The van der Waals surface area contributed by atoms with Crippen molar-refractivity contribution in [2.45, 2.75) is 6.92 Å². The number of ether oxygens (including phenoxy) is 1. The molecule has 0 unspecified atom stereocenters. The predicted molar refractivity (Wildman–Crippen MR) is 80.2 cm³/mol. The summed E-state index contributed by atoms with van der Waals surface area (Å²) in [5.41, 5.74) is 3.24. The van der Waals surface area contributed by atoms with E-state index in [0.717, 1.165) is 4.47 Å². The first-order valence-electron chi connectivity index (χ1n) is 5.91. The van der Waals surface area contributed by atoms with Gasteiger partial charge in [0.25, 0.3) is 0 Å². The summed E-state index contributed by atoms with van der Waals surface area (Å²) >= 11 is 3.24. The Morgan fingerprint density at radius 1 is 1.40 bits per heavy atom. The molecule has 0 saturated carbocycles. The van der Waals surface area contributed by atoms with Gasteiger partial charge >= 0.3 is 0 Å². The van der Waals surface area contributed by atoms with E-state index in [1.165, 1.54) is 6.21 Å². The van der Waals surface area contributed by atoms with Crippen molar-refractivity contribution in [2.75, 3.05) is 12.0 Å². The Kier molecular flexibility index (Phi) is 4.89. The highest BCUT2D eigenvalue weighted by Gasteiger charge is 2.01. The molecular weight excluding hydrogens is 324 g/mol. The van der Waals surface area contributed by atoms with Crippen LogP contribution >= 0.6 is 15.9 Å². The second kappa shape index (κ2) is 6.85. The number of aromatic hydroxyl groups is 1. The highest BCUT2D eigenvalue weighted by molar-refractivity contribution is 9.10. The van der Waals surface area contributed by atoms with Crippen LogP contribution in [-0.2, 0) is 0 Å². The minimum atomic E-state index is 0.0956. The van der Waals surface area contributed by atoms with Crippen LogP contribution in [0.1, 0.15) is 12.5 Å². The highest BCUT2D eigenvalue weighted by Crippen LogP contribution is 2.22. The van der Waals surface area contributed by atoms with E-state index in [0.29, 0.717) is 23.9 Å². The van der Waals surface area contributed by atoms with Gasteiger partial charge in [0, 0.05) is 24.0 Å². The van der Waals surface area contributed by atoms with Crippen molar-refractivity contribution in [1.82, 2.24) is 9.97 Å². The molecule has 0 aliphatic heterocycles. The molecular formula is C13H13BrN4O2. The molecule has 0 aliphatic carbocycles. The molecule has 0 fully saturated rings. The van der Waals surface area contributed by atoms with Crippen LogP contribution in [0.3, 0.4) is 0 Å². The second-order valence-corrected chi connectivity index (χ2v) is 4.66. The smallest absolute Gasteiger partial charge is 0.243 e. The number of phenols is 1. The number of aromatic nitrogens is 2. The highest BCUT2D eigenvalue weighted by atomic mass is 79.9. The maximum atomic E-state index is 9.82. The normalized spacial score (nSPS) is 10.7. The predicted octanol–water partition coefficient (Wildman–Crippen LogP) is 2.79. The molecule has 0 bridgehead atoms. The number of hydrogen-bond donors (Lipinski definition) is 2. The number of nitrogens with zero attached hydrogens (tertiary/aromatic N) is 3. The monoisotopic (exact) mass is 336 g/mol. The summed E-state index contributed by atoms with van der Waals surface area (Å²) in [5, 5.41) is 13.8. The zero-order valence-electron chi connectivity index (χ0n) is 10.7. The Bertz CT molecular complexity index is 602. The fraction of sp³-hybridized carbons (Fsp3) is 0.154. The van der Waals surface area contributed by atoms with Crippen molar-refractivity contribution >= 4 is 28.1 Å². The van der Waals surface area contributed by atoms with Crippen molar-refractivity contribution in [1.29, 1.82) is 0 Å². The topological polar surface area (TPSA) is 79.6 Å². The molecule has 20 heavy (non-hydrogen) atoms. The zero-order chi connectivity index (χ0) is 14.4. The molecule has 2 aromatic rings. The number of hydrogen-bond acceptors (Lipinski definition) is 6. The number of halogens is 1. The number of benzene rings is 1. The minimum absolute atomic E-state index is 0.0956. The van der Waals surface area contributed by atoms with Gasteiger partial charge < -0.3 is 9.84 Å². The van der Waals surface area contributed by atoms with Crippen LogP contribution in [0.15, 0.2) is 40.2 Å². The van der Waals surface area contributed by atoms with Crippen LogP contribution in [0.5, 0.6) is 11.5 Å². The Labute approximate surface area is 124 Å². The third-order valence-electron chi connectivity index (χ3n) is 2.30. The first-order valence-corrected chi connectivity index (χ1v) is 6.70. The summed E-state index contributed by atoms with van der Waals surface area (Å²) in [4.78, 5) is 8.01. The molecule has 0 radical (unpaired) electrons. The van der Waals surface area contributed by atoms with Gasteiger partial charge in [0.15, 0.2) is 0 Å². The van der Waals surface area contributed by atoms with Crippen molar-refractivity contribution in [3.63, 3.8) is 0 Å². The average Bonchev–Trinajstić information content (AvgIpc) is 2.44. The van der Waals surface area contributed by atoms with Crippen molar-refractivity contribution in [2.24, 2.45) is 5.10 Å². The molecule has 0 amide bonds. The third kappa shape index (κ3) is 3.92. The number of rotatable bonds is 5. The van der Waals surface area contributed by atoms with Crippen LogP contribution in [-0.4, -0.2) is 27.9 Å². The van der Waals surface area contributed by atoms with Gasteiger partial charge in [0.1, 0.15) is 11.5 Å².